The van der Waals surface area contributed by atoms with Gasteiger partial charge in [-0.15, -0.1) is 0 Å². The number of hydrogen-bond acceptors (Lipinski definition) is 5. The van der Waals surface area contributed by atoms with Crippen LogP contribution in [0, 0.1) is 6.92 Å². The largest absolute Gasteiger partial charge is 0.354 e. The van der Waals surface area contributed by atoms with Crippen LogP contribution in [-0.2, 0) is 16.6 Å². The lowest BCUT2D eigenvalue weighted by atomic mass is 10.1. The number of benzene rings is 1. The molecule has 0 radical (unpaired) electrons. The molecule has 2 fully saturated rings. The fourth-order valence-corrected chi connectivity index (χ4v) is 5.65. The van der Waals surface area contributed by atoms with Crippen LogP contribution in [0.3, 0.4) is 0 Å². The Hall–Kier alpha value is -1.96. The quantitative estimate of drug-likeness (QED) is 0.801. The van der Waals surface area contributed by atoms with Gasteiger partial charge >= 0.3 is 0 Å². The van der Waals surface area contributed by atoms with Crippen molar-refractivity contribution in [3.8, 4) is 0 Å². The van der Waals surface area contributed by atoms with Crippen LogP contribution in [0.2, 0.25) is 0 Å². The molecule has 0 bridgehead atoms. The van der Waals surface area contributed by atoms with Crippen LogP contribution in [0.4, 0.5) is 5.82 Å². The number of sulfonamides is 1. The van der Waals surface area contributed by atoms with Gasteiger partial charge in [0.05, 0.1) is 5.75 Å². The molecule has 0 amide bonds. The summed E-state index contributed by atoms with van der Waals surface area (Å²) in [6, 6.07) is 14.1. The number of anilines is 1. The third-order valence-corrected chi connectivity index (χ3v) is 7.37. The van der Waals surface area contributed by atoms with Crippen LogP contribution in [0.5, 0.6) is 0 Å². The van der Waals surface area contributed by atoms with Crippen LogP contribution < -0.4 is 4.90 Å². The van der Waals surface area contributed by atoms with Crippen LogP contribution >= 0.6 is 0 Å². The first-order chi connectivity index (χ1) is 13.0. The third kappa shape index (κ3) is 4.15. The zero-order chi connectivity index (χ0) is 18.9. The van der Waals surface area contributed by atoms with E-state index in [9.17, 15) is 8.42 Å². The number of pyridine rings is 1. The van der Waals surface area contributed by atoms with Gasteiger partial charge in [-0.1, -0.05) is 35.9 Å². The Bertz CT molecular complexity index is 863. The highest BCUT2D eigenvalue weighted by Gasteiger charge is 2.39. The Morgan fingerprint density at radius 1 is 1.04 bits per heavy atom. The maximum atomic E-state index is 12.7. The van der Waals surface area contributed by atoms with E-state index < -0.39 is 10.0 Å². The molecule has 144 valence electrons. The average molecular weight is 387 g/mol. The molecule has 2 aliphatic rings. The number of piperazine rings is 1. The first kappa shape index (κ1) is 18.4. The van der Waals surface area contributed by atoms with E-state index in [4.69, 9.17) is 0 Å². The predicted octanol–water partition coefficient (Wildman–Crippen LogP) is 1.73. The topological polar surface area (TPSA) is 56.8 Å². The van der Waals surface area contributed by atoms with Crippen molar-refractivity contribution in [2.24, 2.45) is 0 Å². The smallest absolute Gasteiger partial charge is 0.216 e. The Morgan fingerprint density at radius 3 is 2.44 bits per heavy atom. The van der Waals surface area contributed by atoms with Crippen molar-refractivity contribution >= 4 is 15.8 Å². The molecule has 4 rings (SSSR count). The standard InChI is InChI=1S/C20H26N4O2S/c1-17-5-7-18(8-6-17)14-24-15-19(16-27(24,25)26)22-10-12-23(13-11-22)20-4-2-3-9-21-20/h2-9,19H,10-16H2,1H3. The number of aryl methyl sites for hydroxylation is 1. The van der Waals surface area contributed by atoms with Gasteiger partial charge in [0.2, 0.25) is 10.0 Å². The van der Waals surface area contributed by atoms with Crippen molar-refractivity contribution in [2.45, 2.75) is 19.5 Å². The van der Waals surface area contributed by atoms with Crippen molar-refractivity contribution in [2.75, 3.05) is 43.4 Å². The minimum atomic E-state index is -3.19. The molecular weight excluding hydrogens is 360 g/mol. The van der Waals surface area contributed by atoms with E-state index in [1.165, 1.54) is 5.56 Å². The van der Waals surface area contributed by atoms with Gasteiger partial charge in [0.15, 0.2) is 0 Å². The molecule has 0 N–H and O–H groups in total. The summed E-state index contributed by atoms with van der Waals surface area (Å²) < 4.78 is 26.9. The molecule has 3 heterocycles. The highest BCUT2D eigenvalue weighted by atomic mass is 32.2. The van der Waals surface area contributed by atoms with Crippen molar-refractivity contribution in [3.05, 3.63) is 59.8 Å². The van der Waals surface area contributed by atoms with E-state index in [-0.39, 0.29) is 11.8 Å². The number of nitrogens with zero attached hydrogens (tertiary/aromatic N) is 4. The van der Waals surface area contributed by atoms with Crippen molar-refractivity contribution in [1.82, 2.24) is 14.2 Å². The maximum Gasteiger partial charge on any atom is 0.216 e. The number of hydrogen-bond donors (Lipinski definition) is 0. The van der Waals surface area contributed by atoms with Crippen LogP contribution in [0.25, 0.3) is 0 Å². The summed E-state index contributed by atoms with van der Waals surface area (Å²) in [6.07, 6.45) is 1.81. The van der Waals surface area contributed by atoms with Gasteiger partial charge < -0.3 is 4.90 Å². The van der Waals surface area contributed by atoms with E-state index in [0.29, 0.717) is 13.1 Å². The molecule has 6 nitrogen and oxygen atoms in total. The molecule has 2 aromatic rings. The van der Waals surface area contributed by atoms with Crippen molar-refractivity contribution in [3.63, 3.8) is 0 Å². The monoisotopic (exact) mass is 386 g/mol. The summed E-state index contributed by atoms with van der Waals surface area (Å²) in [5.41, 5.74) is 2.23. The van der Waals surface area contributed by atoms with Crippen LogP contribution in [-0.4, -0.2) is 67.1 Å². The first-order valence-electron chi connectivity index (χ1n) is 9.45. The number of rotatable bonds is 4. The molecule has 27 heavy (non-hydrogen) atoms. The highest BCUT2D eigenvalue weighted by Crippen LogP contribution is 2.23. The molecule has 2 saturated heterocycles. The zero-order valence-electron chi connectivity index (χ0n) is 15.7. The van der Waals surface area contributed by atoms with Crippen molar-refractivity contribution < 1.29 is 8.42 Å². The second-order valence-corrected chi connectivity index (χ2v) is 9.44. The summed E-state index contributed by atoms with van der Waals surface area (Å²) in [4.78, 5) is 9.01. The molecule has 1 unspecified atom stereocenters. The van der Waals surface area contributed by atoms with E-state index >= 15 is 0 Å². The summed E-state index contributed by atoms with van der Waals surface area (Å²) in [6.45, 7) is 6.59. The Kier molecular flexibility index (Phi) is 5.16. The third-order valence-electron chi connectivity index (χ3n) is 5.49. The second kappa shape index (κ2) is 7.58. The van der Waals surface area contributed by atoms with E-state index in [2.05, 4.69) is 14.8 Å². The molecule has 1 aromatic heterocycles. The van der Waals surface area contributed by atoms with Gasteiger partial charge in [-0.2, -0.15) is 4.31 Å². The van der Waals surface area contributed by atoms with E-state index in [1.54, 1.807) is 4.31 Å². The van der Waals surface area contributed by atoms with E-state index in [1.807, 2.05) is 55.6 Å². The second-order valence-electron chi connectivity index (χ2n) is 7.42. The average Bonchev–Trinajstić information content (AvgIpc) is 2.99. The van der Waals surface area contributed by atoms with Crippen LogP contribution in [0.1, 0.15) is 11.1 Å². The highest BCUT2D eigenvalue weighted by molar-refractivity contribution is 7.89. The molecule has 2 aliphatic heterocycles. The Labute approximate surface area is 161 Å². The molecule has 0 spiro atoms. The minimum Gasteiger partial charge on any atom is -0.354 e. The van der Waals surface area contributed by atoms with Gasteiger partial charge in [-0.05, 0) is 24.6 Å². The summed E-state index contributed by atoms with van der Waals surface area (Å²) in [7, 11) is -3.19. The Morgan fingerprint density at radius 2 is 1.78 bits per heavy atom. The zero-order valence-corrected chi connectivity index (χ0v) is 16.5. The van der Waals surface area contributed by atoms with Gasteiger partial charge in [-0.3, -0.25) is 4.90 Å². The lowest BCUT2D eigenvalue weighted by molar-refractivity contribution is 0.188. The molecule has 1 atom stereocenters. The van der Waals surface area contributed by atoms with Gasteiger partial charge in [-0.25, -0.2) is 13.4 Å². The molecule has 0 saturated carbocycles. The van der Waals surface area contributed by atoms with Gasteiger partial charge in [0.25, 0.3) is 0 Å². The predicted molar refractivity (Wildman–Crippen MR) is 107 cm³/mol. The lowest BCUT2D eigenvalue weighted by Crippen LogP contribution is -2.52. The molecule has 1 aromatic carbocycles. The summed E-state index contributed by atoms with van der Waals surface area (Å²) in [5, 5.41) is 0. The first-order valence-corrected chi connectivity index (χ1v) is 11.1. The molecular formula is C20H26N4O2S. The van der Waals surface area contributed by atoms with E-state index in [0.717, 1.165) is 37.6 Å². The van der Waals surface area contributed by atoms with Gasteiger partial charge in [0, 0.05) is 51.5 Å². The minimum absolute atomic E-state index is 0.0753. The number of aromatic nitrogens is 1. The SMILES string of the molecule is Cc1ccc(CN2CC(N3CCN(c4ccccn4)CC3)CS2(=O)=O)cc1. The fraction of sp³-hybridized carbons (Fsp3) is 0.450. The fourth-order valence-electron chi connectivity index (χ4n) is 3.89. The lowest BCUT2D eigenvalue weighted by Gasteiger charge is -2.38. The normalized spacial score (nSPS) is 23.6. The summed E-state index contributed by atoms with van der Waals surface area (Å²) in [5.74, 6) is 1.22. The van der Waals surface area contributed by atoms with Crippen LogP contribution in [0.15, 0.2) is 48.7 Å². The van der Waals surface area contributed by atoms with Crippen molar-refractivity contribution in [1.29, 1.82) is 0 Å². The molecule has 0 aliphatic carbocycles. The Balaban J connectivity index is 1.37. The summed E-state index contributed by atoms with van der Waals surface area (Å²) >= 11 is 0. The maximum absolute atomic E-state index is 12.7. The van der Waals surface area contributed by atoms with Gasteiger partial charge in [0.1, 0.15) is 5.82 Å². The molecule has 7 heteroatoms.